The Morgan fingerprint density at radius 3 is 2.03 bits per heavy atom. The van der Waals surface area contributed by atoms with Crippen LogP contribution < -0.4 is 34.9 Å². The monoisotopic (exact) mass is 431 g/mol. The molecule has 0 bridgehead atoms. The van der Waals surface area contributed by atoms with Crippen molar-refractivity contribution in [2.45, 2.75) is 11.8 Å². The maximum absolute atomic E-state index is 13.1. The molecule has 2 N–H and O–H groups in total. The number of hydrogen-bond acceptors (Lipinski definition) is 7. The van der Waals surface area contributed by atoms with E-state index in [9.17, 15) is 27.7 Å². The Hall–Kier alpha value is -2.49. The standard InChI is InChI=1S/C21H15NO6S.Na/c1-11-5-4-8-15(21(11)29(26,27)28)22-14-9-10-16(23)18-17(14)19(24)12-6-2-3-7-13(12)20(18)25;/h2-10,22-23H,1H3,(H,26,27,28);/q;+1/p-1. The van der Waals surface area contributed by atoms with Crippen molar-refractivity contribution in [1.29, 1.82) is 0 Å². The summed E-state index contributed by atoms with van der Waals surface area (Å²) in [5.41, 5.74) is 0.441. The van der Waals surface area contributed by atoms with Gasteiger partial charge in [-0.15, -0.1) is 0 Å². The zero-order chi connectivity index (χ0) is 20.9. The number of carbonyl (C=O) groups is 2. The van der Waals surface area contributed by atoms with E-state index in [1.807, 2.05) is 0 Å². The first-order valence-electron chi connectivity index (χ1n) is 8.57. The van der Waals surface area contributed by atoms with Crippen LogP contribution in [0.2, 0.25) is 0 Å². The topological polar surface area (TPSA) is 124 Å². The Bertz CT molecular complexity index is 1320. The van der Waals surface area contributed by atoms with E-state index in [4.69, 9.17) is 0 Å². The molecule has 0 atom stereocenters. The van der Waals surface area contributed by atoms with E-state index in [2.05, 4.69) is 5.32 Å². The Kier molecular flexibility index (Phi) is 5.90. The number of nitrogens with one attached hydrogen (secondary N) is 1. The Morgan fingerprint density at radius 1 is 0.833 bits per heavy atom. The summed E-state index contributed by atoms with van der Waals surface area (Å²) < 4.78 is 35.2. The van der Waals surface area contributed by atoms with E-state index >= 15 is 0 Å². The van der Waals surface area contributed by atoms with Crippen LogP contribution in [0.3, 0.4) is 0 Å². The molecule has 0 amide bonds. The van der Waals surface area contributed by atoms with Gasteiger partial charge in [0.2, 0.25) is 0 Å². The first kappa shape index (κ1) is 22.2. The minimum atomic E-state index is -4.80. The normalized spacial score (nSPS) is 12.6. The molecule has 0 unspecified atom stereocenters. The summed E-state index contributed by atoms with van der Waals surface area (Å²) in [6.45, 7) is 1.48. The zero-order valence-corrected chi connectivity index (χ0v) is 18.9. The fourth-order valence-corrected chi connectivity index (χ4v) is 4.39. The first-order valence-corrected chi connectivity index (χ1v) is 9.98. The van der Waals surface area contributed by atoms with Crippen molar-refractivity contribution in [3.63, 3.8) is 0 Å². The van der Waals surface area contributed by atoms with Crippen molar-refractivity contribution in [2.24, 2.45) is 0 Å². The minimum Gasteiger partial charge on any atom is -0.744 e. The van der Waals surface area contributed by atoms with Crippen LogP contribution in [0.4, 0.5) is 11.4 Å². The van der Waals surface area contributed by atoms with Gasteiger partial charge in [0.1, 0.15) is 15.9 Å². The van der Waals surface area contributed by atoms with Gasteiger partial charge in [0.25, 0.3) is 0 Å². The van der Waals surface area contributed by atoms with Gasteiger partial charge in [-0.1, -0.05) is 36.4 Å². The second-order valence-electron chi connectivity index (χ2n) is 6.62. The largest absolute Gasteiger partial charge is 1.00 e. The SMILES string of the molecule is Cc1cccc(Nc2ccc(O)c3c2C(=O)c2ccccc2C3=O)c1S(=O)(=O)[O-].[Na+]. The molecule has 0 heterocycles. The molecule has 9 heteroatoms. The van der Waals surface area contributed by atoms with E-state index in [1.54, 1.807) is 18.2 Å². The van der Waals surface area contributed by atoms with Crippen LogP contribution >= 0.6 is 0 Å². The molecule has 0 fully saturated rings. The van der Waals surface area contributed by atoms with Gasteiger partial charge >= 0.3 is 29.6 Å². The summed E-state index contributed by atoms with van der Waals surface area (Å²) in [6.07, 6.45) is 0. The third-order valence-electron chi connectivity index (χ3n) is 4.79. The number of benzene rings is 3. The maximum atomic E-state index is 13.1. The van der Waals surface area contributed by atoms with Gasteiger partial charge in [0.05, 0.1) is 27.4 Å². The third kappa shape index (κ3) is 3.57. The molecule has 0 radical (unpaired) electrons. The van der Waals surface area contributed by atoms with Gasteiger partial charge in [-0.2, -0.15) is 0 Å². The van der Waals surface area contributed by atoms with E-state index in [-0.39, 0.29) is 74.5 Å². The van der Waals surface area contributed by atoms with Crippen molar-refractivity contribution >= 4 is 33.1 Å². The number of phenolic OH excluding ortho intramolecular Hbond substituents is 1. The van der Waals surface area contributed by atoms with Gasteiger partial charge in [0, 0.05) is 11.1 Å². The summed E-state index contributed by atoms with van der Waals surface area (Å²) >= 11 is 0. The molecule has 0 aromatic heterocycles. The summed E-state index contributed by atoms with van der Waals surface area (Å²) in [4.78, 5) is 25.5. The molecule has 7 nitrogen and oxygen atoms in total. The number of anilines is 2. The maximum Gasteiger partial charge on any atom is 1.00 e. The summed E-state index contributed by atoms with van der Waals surface area (Å²) in [5, 5.41) is 13.0. The second kappa shape index (κ2) is 7.98. The van der Waals surface area contributed by atoms with Crippen LogP contribution in [-0.2, 0) is 10.1 Å². The van der Waals surface area contributed by atoms with Crippen molar-refractivity contribution in [2.75, 3.05) is 5.32 Å². The summed E-state index contributed by atoms with van der Waals surface area (Å²) in [6, 6.07) is 13.3. The molecule has 3 aromatic carbocycles. The number of rotatable bonds is 3. The Balaban J connectivity index is 0.00000256. The van der Waals surface area contributed by atoms with E-state index < -0.39 is 26.6 Å². The molecule has 0 saturated carbocycles. The van der Waals surface area contributed by atoms with Crippen LogP contribution in [0.15, 0.2) is 59.5 Å². The third-order valence-corrected chi connectivity index (χ3v) is 5.83. The summed E-state index contributed by atoms with van der Waals surface area (Å²) in [7, 11) is -4.80. The molecular formula is C21H14NNaO6S. The molecule has 1 aliphatic carbocycles. The average Bonchev–Trinajstić information content (AvgIpc) is 2.66. The predicted octanol–water partition coefficient (Wildman–Crippen LogP) is 0.128. The fourth-order valence-electron chi connectivity index (χ4n) is 3.54. The molecule has 0 aliphatic heterocycles. The number of carbonyl (C=O) groups excluding carboxylic acids is 2. The smallest absolute Gasteiger partial charge is 0.744 e. The van der Waals surface area contributed by atoms with Crippen LogP contribution in [0.25, 0.3) is 0 Å². The predicted molar refractivity (Wildman–Crippen MR) is 104 cm³/mol. The van der Waals surface area contributed by atoms with Gasteiger partial charge in [-0.3, -0.25) is 9.59 Å². The molecular weight excluding hydrogens is 417 g/mol. The van der Waals surface area contributed by atoms with Crippen LogP contribution in [0, 0.1) is 6.92 Å². The molecule has 0 spiro atoms. The van der Waals surface area contributed by atoms with Gasteiger partial charge in [-0.25, -0.2) is 8.42 Å². The molecule has 30 heavy (non-hydrogen) atoms. The number of aromatic hydroxyl groups is 1. The van der Waals surface area contributed by atoms with Crippen molar-refractivity contribution in [3.05, 3.63) is 82.4 Å². The number of phenols is 1. The van der Waals surface area contributed by atoms with Gasteiger partial charge in [-0.05, 0) is 30.7 Å². The van der Waals surface area contributed by atoms with Crippen molar-refractivity contribution < 1.29 is 57.2 Å². The van der Waals surface area contributed by atoms with E-state index in [1.165, 1.54) is 43.3 Å². The number of hydrogen-bond donors (Lipinski definition) is 2. The molecule has 146 valence electrons. The zero-order valence-electron chi connectivity index (χ0n) is 16.1. The first-order chi connectivity index (χ1) is 13.7. The Labute approximate surface area is 194 Å². The average molecular weight is 431 g/mol. The van der Waals surface area contributed by atoms with E-state index in [0.29, 0.717) is 0 Å². The molecule has 4 rings (SSSR count). The van der Waals surface area contributed by atoms with Gasteiger partial charge in [0.15, 0.2) is 11.6 Å². The van der Waals surface area contributed by atoms with Crippen LogP contribution in [0.5, 0.6) is 5.75 Å². The van der Waals surface area contributed by atoms with E-state index in [0.717, 1.165) is 0 Å². The van der Waals surface area contributed by atoms with Crippen molar-refractivity contribution in [3.8, 4) is 5.75 Å². The number of aryl methyl sites for hydroxylation is 1. The quantitative estimate of drug-likeness (QED) is 0.268. The molecule has 1 aliphatic rings. The minimum absolute atomic E-state index is 0. The molecule has 3 aromatic rings. The fraction of sp³-hybridized carbons (Fsp3) is 0.0476. The van der Waals surface area contributed by atoms with Gasteiger partial charge < -0.3 is 15.0 Å². The number of fused-ring (bicyclic) bond motifs is 2. The summed E-state index contributed by atoms with van der Waals surface area (Å²) in [5.74, 6) is -1.37. The van der Waals surface area contributed by atoms with Crippen LogP contribution in [0.1, 0.15) is 37.4 Å². The second-order valence-corrected chi connectivity index (χ2v) is 7.93. The van der Waals surface area contributed by atoms with Crippen molar-refractivity contribution in [1.82, 2.24) is 0 Å². The molecule has 0 saturated heterocycles. The van der Waals surface area contributed by atoms with Crippen LogP contribution in [-0.4, -0.2) is 29.6 Å². The Morgan fingerprint density at radius 2 is 1.43 bits per heavy atom. The number of ketones is 2.